The minimum Gasteiger partial charge on any atom is -0.423 e. The first-order valence-corrected chi connectivity index (χ1v) is 2.96. The topological polar surface area (TPSA) is 77.1 Å². The summed E-state index contributed by atoms with van der Waals surface area (Å²) >= 11 is 0. The Hall–Kier alpha value is -1.38. The quantitative estimate of drug-likeness (QED) is 0.481. The lowest BCUT2D eigenvalue weighted by Gasteiger charge is -1.96. The summed E-state index contributed by atoms with van der Waals surface area (Å²) < 4.78 is 0. The van der Waals surface area contributed by atoms with E-state index < -0.39 is 7.12 Å². The number of rotatable bonds is 1. The third kappa shape index (κ3) is 1.77. The van der Waals surface area contributed by atoms with Crippen LogP contribution in [0.1, 0.15) is 5.69 Å². The Balaban J connectivity index is 3.03. The fraction of sp³-hybridized carbons (Fsp3) is 0. The maximum absolute atomic E-state index is 8.66. The molecule has 0 amide bonds. The maximum Gasteiger partial charge on any atom is 0.488 e. The standard InChI is InChI=1S/C6H5BN2O2/c8-4-6-3-5(7(10)11)1-2-9-6/h1-3,10-11H. The van der Waals surface area contributed by atoms with E-state index in [1.54, 1.807) is 6.07 Å². The van der Waals surface area contributed by atoms with Gasteiger partial charge in [-0.1, -0.05) is 0 Å². The summed E-state index contributed by atoms with van der Waals surface area (Å²) in [6.07, 6.45) is 1.35. The van der Waals surface area contributed by atoms with Crippen LogP contribution >= 0.6 is 0 Å². The first-order valence-electron chi connectivity index (χ1n) is 2.96. The zero-order valence-corrected chi connectivity index (χ0v) is 5.60. The van der Waals surface area contributed by atoms with Crippen LogP contribution in [0.25, 0.3) is 0 Å². The van der Waals surface area contributed by atoms with Gasteiger partial charge in [0.1, 0.15) is 11.8 Å². The SMILES string of the molecule is N#Cc1cc(B(O)O)ccn1. The van der Waals surface area contributed by atoms with Crippen molar-refractivity contribution in [1.82, 2.24) is 4.98 Å². The highest BCUT2D eigenvalue weighted by Crippen LogP contribution is 1.87. The second-order valence-electron chi connectivity index (χ2n) is 1.96. The summed E-state index contributed by atoms with van der Waals surface area (Å²) in [6, 6.07) is 4.55. The predicted octanol–water partition coefficient (Wildman–Crippen LogP) is -1.37. The molecule has 0 aromatic carbocycles. The molecule has 0 aliphatic rings. The molecule has 0 saturated carbocycles. The lowest BCUT2D eigenvalue weighted by atomic mass is 9.81. The Kier molecular flexibility index (Phi) is 2.21. The van der Waals surface area contributed by atoms with E-state index in [0.717, 1.165) is 0 Å². The maximum atomic E-state index is 8.66. The number of nitrogens with zero attached hydrogens (tertiary/aromatic N) is 2. The first-order chi connectivity index (χ1) is 5.24. The van der Waals surface area contributed by atoms with Crippen molar-refractivity contribution in [2.75, 3.05) is 0 Å². The predicted molar refractivity (Wildman–Crippen MR) is 38.8 cm³/mol. The Morgan fingerprint density at radius 1 is 1.55 bits per heavy atom. The average molecular weight is 148 g/mol. The number of aromatic nitrogens is 1. The summed E-state index contributed by atoms with van der Waals surface area (Å²) in [6.45, 7) is 0. The smallest absolute Gasteiger partial charge is 0.423 e. The molecule has 0 radical (unpaired) electrons. The van der Waals surface area contributed by atoms with Gasteiger partial charge in [0.05, 0.1) is 0 Å². The second kappa shape index (κ2) is 3.15. The van der Waals surface area contributed by atoms with Crippen LogP contribution in [0.5, 0.6) is 0 Å². The average Bonchev–Trinajstić information content (AvgIpc) is 2.05. The van der Waals surface area contributed by atoms with Crippen LogP contribution in [0, 0.1) is 11.3 Å². The summed E-state index contributed by atoms with van der Waals surface area (Å²) in [5, 5.41) is 25.7. The monoisotopic (exact) mass is 148 g/mol. The molecule has 1 aromatic rings. The second-order valence-corrected chi connectivity index (χ2v) is 1.96. The molecule has 0 atom stereocenters. The van der Waals surface area contributed by atoms with Gasteiger partial charge in [-0.15, -0.1) is 0 Å². The normalized spacial score (nSPS) is 8.82. The molecule has 0 spiro atoms. The van der Waals surface area contributed by atoms with Crippen LogP contribution in [0.15, 0.2) is 18.3 Å². The van der Waals surface area contributed by atoms with Gasteiger partial charge in [0, 0.05) is 6.20 Å². The van der Waals surface area contributed by atoms with Crippen LogP contribution < -0.4 is 5.46 Å². The number of hydrogen-bond donors (Lipinski definition) is 2. The summed E-state index contributed by atoms with van der Waals surface area (Å²) in [4.78, 5) is 3.66. The van der Waals surface area contributed by atoms with E-state index in [4.69, 9.17) is 15.3 Å². The highest BCUT2D eigenvalue weighted by molar-refractivity contribution is 6.58. The van der Waals surface area contributed by atoms with Crippen LogP contribution in [-0.4, -0.2) is 22.2 Å². The third-order valence-corrected chi connectivity index (χ3v) is 1.20. The van der Waals surface area contributed by atoms with E-state index >= 15 is 0 Å². The van der Waals surface area contributed by atoms with Crippen molar-refractivity contribution in [3.63, 3.8) is 0 Å². The Bertz CT molecular complexity index is 295. The van der Waals surface area contributed by atoms with E-state index in [1.807, 2.05) is 0 Å². The molecular weight excluding hydrogens is 143 g/mol. The van der Waals surface area contributed by atoms with E-state index in [0.29, 0.717) is 0 Å². The number of nitriles is 1. The van der Waals surface area contributed by atoms with Crippen LogP contribution in [0.3, 0.4) is 0 Å². The molecule has 54 valence electrons. The van der Waals surface area contributed by atoms with Gasteiger partial charge >= 0.3 is 7.12 Å². The van der Waals surface area contributed by atoms with Crippen molar-refractivity contribution in [3.8, 4) is 6.07 Å². The number of pyridine rings is 1. The summed E-state index contributed by atoms with van der Waals surface area (Å²) in [5.41, 5.74) is 0.451. The molecule has 0 aliphatic heterocycles. The Morgan fingerprint density at radius 2 is 2.27 bits per heavy atom. The van der Waals surface area contributed by atoms with Crippen molar-refractivity contribution in [3.05, 3.63) is 24.0 Å². The lowest BCUT2D eigenvalue weighted by Crippen LogP contribution is -2.29. The Labute approximate surface area is 63.9 Å². The largest absolute Gasteiger partial charge is 0.488 e. The van der Waals surface area contributed by atoms with Crippen LogP contribution in [-0.2, 0) is 0 Å². The molecule has 0 bridgehead atoms. The van der Waals surface area contributed by atoms with E-state index in [9.17, 15) is 0 Å². The van der Waals surface area contributed by atoms with Crippen LogP contribution in [0.4, 0.5) is 0 Å². The van der Waals surface area contributed by atoms with Crippen molar-refractivity contribution in [2.24, 2.45) is 0 Å². The van der Waals surface area contributed by atoms with Gasteiger partial charge in [-0.25, -0.2) is 4.98 Å². The molecule has 0 aliphatic carbocycles. The molecule has 0 saturated heterocycles. The molecule has 5 heteroatoms. The zero-order valence-electron chi connectivity index (χ0n) is 5.60. The highest BCUT2D eigenvalue weighted by atomic mass is 16.4. The zero-order chi connectivity index (χ0) is 8.27. The van der Waals surface area contributed by atoms with Crippen molar-refractivity contribution in [2.45, 2.75) is 0 Å². The Morgan fingerprint density at radius 3 is 2.82 bits per heavy atom. The van der Waals surface area contributed by atoms with Gasteiger partial charge < -0.3 is 10.0 Å². The first kappa shape index (κ1) is 7.73. The third-order valence-electron chi connectivity index (χ3n) is 1.20. The minimum atomic E-state index is -1.54. The van der Waals surface area contributed by atoms with Crippen LogP contribution in [0.2, 0.25) is 0 Å². The van der Waals surface area contributed by atoms with Gasteiger partial charge in [-0.3, -0.25) is 0 Å². The minimum absolute atomic E-state index is 0.176. The summed E-state index contributed by atoms with van der Waals surface area (Å²) in [7, 11) is -1.54. The van der Waals surface area contributed by atoms with Crippen molar-refractivity contribution in [1.29, 1.82) is 5.26 Å². The molecule has 1 aromatic heterocycles. The lowest BCUT2D eigenvalue weighted by molar-refractivity contribution is 0.425. The molecule has 1 rings (SSSR count). The van der Waals surface area contributed by atoms with Gasteiger partial charge in [-0.05, 0) is 17.6 Å². The molecule has 4 nitrogen and oxygen atoms in total. The van der Waals surface area contributed by atoms with E-state index in [2.05, 4.69) is 4.98 Å². The van der Waals surface area contributed by atoms with Gasteiger partial charge in [-0.2, -0.15) is 5.26 Å². The molecular formula is C6H5BN2O2. The molecule has 0 unspecified atom stereocenters. The fourth-order valence-electron chi connectivity index (χ4n) is 0.669. The van der Waals surface area contributed by atoms with Crippen molar-refractivity contribution < 1.29 is 10.0 Å². The number of hydrogen-bond acceptors (Lipinski definition) is 4. The van der Waals surface area contributed by atoms with E-state index in [-0.39, 0.29) is 11.2 Å². The molecule has 11 heavy (non-hydrogen) atoms. The van der Waals surface area contributed by atoms with E-state index in [1.165, 1.54) is 18.3 Å². The van der Waals surface area contributed by atoms with Gasteiger partial charge in [0.2, 0.25) is 0 Å². The fourth-order valence-corrected chi connectivity index (χ4v) is 0.669. The van der Waals surface area contributed by atoms with Gasteiger partial charge in [0.25, 0.3) is 0 Å². The summed E-state index contributed by atoms with van der Waals surface area (Å²) in [5.74, 6) is 0. The molecule has 2 N–H and O–H groups in total. The van der Waals surface area contributed by atoms with Gasteiger partial charge in [0.15, 0.2) is 0 Å². The van der Waals surface area contributed by atoms with Crippen molar-refractivity contribution >= 4 is 12.6 Å². The molecule has 0 fully saturated rings. The molecule has 1 heterocycles. The highest BCUT2D eigenvalue weighted by Gasteiger charge is 2.10.